The summed E-state index contributed by atoms with van der Waals surface area (Å²) in [6, 6.07) is 54.9. The highest BCUT2D eigenvalue weighted by atomic mass is 35.5. The molecule has 9 heterocycles. The summed E-state index contributed by atoms with van der Waals surface area (Å²) in [5, 5.41) is 16.1. The van der Waals surface area contributed by atoms with Crippen molar-refractivity contribution in [3.63, 3.8) is 0 Å². The van der Waals surface area contributed by atoms with Gasteiger partial charge in [-0.15, -0.1) is 90.7 Å². The van der Waals surface area contributed by atoms with E-state index in [1.165, 1.54) is 97.0 Å². The van der Waals surface area contributed by atoms with E-state index in [1.807, 2.05) is 127 Å². The minimum absolute atomic E-state index is 0.0331. The Bertz CT molecular complexity index is 4650. The molecule has 0 aliphatic carbocycles. The molecule has 2 atom stereocenters. The largest absolute Gasteiger partial charge is 0.469 e. The molecule has 13 aromatic rings. The second-order valence-corrected chi connectivity index (χ2v) is 31.0. The van der Waals surface area contributed by atoms with E-state index >= 15 is 0 Å². The van der Waals surface area contributed by atoms with Crippen LogP contribution >= 0.6 is 137 Å². The average Bonchev–Trinajstić information content (AvgIpc) is 1.66. The molecule has 468 valence electrons. The van der Waals surface area contributed by atoms with Crippen LogP contribution in [-0.2, 0) is 25.5 Å². The van der Waals surface area contributed by atoms with Gasteiger partial charge < -0.3 is 14.5 Å². The molecule has 0 fully saturated rings. The van der Waals surface area contributed by atoms with Crippen molar-refractivity contribution in [2.24, 2.45) is 0 Å². The number of ether oxygens (including phenoxy) is 2. The number of methoxy groups -OCH3 is 2. The lowest BCUT2D eigenvalue weighted by Crippen LogP contribution is -2.31. The summed E-state index contributed by atoms with van der Waals surface area (Å²) in [6.07, 6.45) is 3.90. The van der Waals surface area contributed by atoms with E-state index in [0.717, 1.165) is 81.9 Å². The molecule has 2 unspecified atom stereocenters. The number of hydrogen-bond acceptors (Lipinski definition) is 18. The molecule has 0 aliphatic heterocycles. The van der Waals surface area contributed by atoms with Gasteiger partial charge in [0.15, 0.2) is 23.6 Å². The Morgan fingerprint density at radius 3 is 1.50 bits per heavy atom. The highest BCUT2D eigenvalue weighted by molar-refractivity contribution is 7.23. The van der Waals surface area contributed by atoms with Crippen LogP contribution in [0.3, 0.4) is 0 Å². The molecule has 0 amide bonds. The first kappa shape index (κ1) is 69.1. The van der Waals surface area contributed by atoms with Gasteiger partial charge in [-0.25, -0.2) is 0 Å². The first-order valence-corrected chi connectivity index (χ1v) is 35.6. The fourth-order valence-electron chi connectivity index (χ4n) is 9.08. The van der Waals surface area contributed by atoms with E-state index in [2.05, 4.69) is 34.0 Å². The number of fused-ring (bicyclic) bond motifs is 4. The molecular weight excluding hydrogens is 1400 g/mol. The minimum Gasteiger partial charge on any atom is -0.469 e. The molecule has 0 saturated carbocycles. The van der Waals surface area contributed by atoms with Gasteiger partial charge in [0.25, 0.3) is 0 Å². The number of H-pyrrole nitrogens is 1. The van der Waals surface area contributed by atoms with Gasteiger partial charge in [-0.2, -0.15) is 0 Å². The van der Waals surface area contributed by atoms with Crippen LogP contribution in [-0.4, -0.2) is 65.7 Å². The molecule has 12 nitrogen and oxygen atoms in total. The summed E-state index contributed by atoms with van der Waals surface area (Å²) in [7, 11) is 2.58. The number of carbonyl (C=O) groups is 6. The molecule has 1 N–H and O–H groups in total. The van der Waals surface area contributed by atoms with Gasteiger partial charge in [-0.3, -0.25) is 38.9 Å². The molecule has 9 aromatic heterocycles. The Labute approximate surface area is 579 Å². The van der Waals surface area contributed by atoms with Crippen LogP contribution in [0.5, 0.6) is 0 Å². The summed E-state index contributed by atoms with van der Waals surface area (Å²) < 4.78 is 16.6. The standard InChI is InChI=1S/C19H16ClNO5S2.C19H14ClNO2S2.C15H9ClOS2.C10H8OS.C5H3ClOS/c1-26-19(23)10-13(21(24)25)12(16-6-7-18(20)28-16)9-14(22)17-8-11-4-2-3-5-15(11)27-17;1-23-19(22)10-13-12(16-6-7-18(20)25-16)9-14(21-13)17-8-11-4-2-3-5-15(11)24-17;16-15-8-6-11(18-15)5-7-12(17)14-9-10-3-1-2-4-13(10)19-14;1-7(11)10-6-8-4-2-3-5-9(8)12-10;6-5-2-1-4(3-7)8-5/h2-8,12-13H,9-10H2,1H3;2-9,21H,10H2,1H3;1-9H;2-6H,1H3;1-3H/b;;7-5+;;. The Balaban J connectivity index is 0.000000143. The van der Waals surface area contributed by atoms with Crippen LogP contribution in [0, 0.1) is 10.1 Å². The fourth-order valence-corrected chi connectivity index (χ4v) is 17.2. The topological polar surface area (TPSA) is 180 Å². The normalized spacial score (nSPS) is 11.6. The minimum atomic E-state index is -1.28. The van der Waals surface area contributed by atoms with Gasteiger partial charge in [0.1, 0.15) is 6.42 Å². The predicted molar refractivity (Wildman–Crippen MR) is 387 cm³/mol. The lowest BCUT2D eigenvalue weighted by atomic mass is 9.90. The number of thiophene rings is 8. The molecule has 24 heteroatoms. The van der Waals surface area contributed by atoms with Gasteiger partial charge in [0.05, 0.1) is 74.0 Å². The Kier molecular flexibility index (Phi) is 24.8. The maximum atomic E-state index is 12.9. The average molecular weight is 1450 g/mol. The molecule has 0 bridgehead atoms. The van der Waals surface area contributed by atoms with E-state index < -0.39 is 29.3 Å². The second-order valence-electron chi connectivity index (χ2n) is 19.7. The van der Waals surface area contributed by atoms with E-state index in [4.69, 9.17) is 51.1 Å². The number of nitrogens with one attached hydrogen (secondary N) is 1. The number of aldehydes is 1. The Morgan fingerprint density at radius 2 is 1.02 bits per heavy atom. The molecule has 0 aliphatic rings. The van der Waals surface area contributed by atoms with Gasteiger partial charge in [-0.1, -0.05) is 119 Å². The van der Waals surface area contributed by atoms with E-state index in [9.17, 15) is 38.9 Å². The van der Waals surface area contributed by atoms with Crippen LogP contribution in [0.25, 0.3) is 67.4 Å². The van der Waals surface area contributed by atoms with Crippen LogP contribution in [0.15, 0.2) is 182 Å². The van der Waals surface area contributed by atoms with Crippen molar-refractivity contribution < 1.29 is 43.2 Å². The monoisotopic (exact) mass is 1450 g/mol. The zero-order chi connectivity index (χ0) is 65.4. The third-order valence-corrected chi connectivity index (χ3v) is 23.2. The summed E-state index contributed by atoms with van der Waals surface area (Å²) in [5.41, 5.74) is 2.84. The SMILES string of the molecule is CC(=O)c1cc2ccccc2s1.COC(=O)CC(C(CC(=O)c1cc2ccccc2s1)c1ccc(Cl)s1)[N+](=O)[O-].COC(=O)Cc1[nH]c(-c2cc3ccccc3s2)cc1-c1ccc(Cl)s1.O=C(/C=C/c1ccc(Cl)s1)c1cc2ccccc2s1.O=Cc1ccc(Cl)s1. The number of aromatic nitrogens is 1. The van der Waals surface area contributed by atoms with Crippen molar-refractivity contribution in [2.75, 3.05) is 14.2 Å². The zero-order valence-corrected chi connectivity index (χ0v) is 58.1. The van der Waals surface area contributed by atoms with Crippen molar-refractivity contribution in [3.8, 4) is 21.0 Å². The zero-order valence-electron chi connectivity index (χ0n) is 48.6. The number of nitrogens with zero attached hydrogens (tertiary/aromatic N) is 1. The molecular formula is C68H50Cl4N2O10S8. The number of rotatable bonds is 17. The number of aromatic amines is 1. The van der Waals surface area contributed by atoms with Crippen LogP contribution in [0.4, 0.5) is 0 Å². The van der Waals surface area contributed by atoms with Crippen molar-refractivity contribution >= 4 is 219 Å². The highest BCUT2D eigenvalue weighted by Gasteiger charge is 2.38. The number of allylic oxidation sites excluding steroid dienone is 1. The van der Waals surface area contributed by atoms with Crippen LogP contribution in [0.2, 0.25) is 17.3 Å². The van der Waals surface area contributed by atoms with E-state index in [-0.39, 0.29) is 36.2 Å². The second kappa shape index (κ2) is 33.0. The summed E-state index contributed by atoms with van der Waals surface area (Å²) in [6.45, 7) is 1.60. The van der Waals surface area contributed by atoms with Crippen molar-refractivity contribution in [3.05, 3.63) is 244 Å². The molecule has 4 aromatic carbocycles. The molecule has 0 spiro atoms. The molecule has 0 radical (unpaired) electrons. The maximum absolute atomic E-state index is 12.9. The lowest BCUT2D eigenvalue weighted by Gasteiger charge is -2.18. The number of Topliss-reactive ketones (excluding diaryl/α,β-unsaturated/α-hetero) is 2. The van der Waals surface area contributed by atoms with Crippen molar-refractivity contribution in [1.82, 2.24) is 4.98 Å². The summed E-state index contributed by atoms with van der Waals surface area (Å²) in [4.78, 5) is 90.7. The number of esters is 2. The quantitative estimate of drug-likeness (QED) is 0.0230. The number of ketones is 3. The molecule has 92 heavy (non-hydrogen) atoms. The Morgan fingerprint density at radius 1 is 0.533 bits per heavy atom. The first-order valence-electron chi connectivity index (χ1n) is 27.5. The van der Waals surface area contributed by atoms with Crippen LogP contribution in [0.1, 0.15) is 79.8 Å². The smallest absolute Gasteiger partial charge is 0.312 e. The van der Waals surface area contributed by atoms with Crippen LogP contribution < -0.4 is 0 Å². The van der Waals surface area contributed by atoms with Gasteiger partial charge in [-0.05, 0) is 144 Å². The number of carbonyl (C=O) groups excluding carboxylic acids is 6. The third-order valence-electron chi connectivity index (χ3n) is 13.5. The Hall–Kier alpha value is -7.28. The van der Waals surface area contributed by atoms with E-state index in [0.29, 0.717) is 23.3 Å². The van der Waals surface area contributed by atoms with E-state index in [1.54, 1.807) is 66.0 Å². The number of benzene rings is 4. The summed E-state index contributed by atoms with van der Waals surface area (Å²) >= 11 is 35.0. The lowest BCUT2D eigenvalue weighted by molar-refractivity contribution is -0.525. The summed E-state index contributed by atoms with van der Waals surface area (Å²) in [5.74, 6) is -1.75. The van der Waals surface area contributed by atoms with Crippen molar-refractivity contribution in [1.29, 1.82) is 0 Å². The molecule has 13 rings (SSSR count). The molecule has 0 saturated heterocycles. The predicted octanol–water partition coefficient (Wildman–Crippen LogP) is 22.0. The maximum Gasteiger partial charge on any atom is 0.312 e. The van der Waals surface area contributed by atoms with Crippen molar-refractivity contribution in [2.45, 2.75) is 38.1 Å². The highest BCUT2D eigenvalue weighted by Crippen LogP contribution is 2.41. The number of nitro groups is 1. The fraction of sp³-hybridized carbons (Fsp3) is 0.118. The number of halogens is 4. The first-order chi connectivity index (χ1) is 44.3. The third kappa shape index (κ3) is 18.7. The van der Waals surface area contributed by atoms with Gasteiger partial charge in [0, 0.05) is 56.0 Å². The van der Waals surface area contributed by atoms with Gasteiger partial charge in [0.2, 0.25) is 6.04 Å². The van der Waals surface area contributed by atoms with Gasteiger partial charge >= 0.3 is 11.9 Å². The number of hydrogen-bond donors (Lipinski definition) is 1.